The van der Waals surface area contributed by atoms with Crippen LogP contribution >= 0.6 is 11.8 Å². The zero-order valence-electron chi connectivity index (χ0n) is 17.3. The number of methoxy groups -OCH3 is 2. The summed E-state index contributed by atoms with van der Waals surface area (Å²) in [6.45, 7) is 0.194. The number of para-hydroxylation sites is 1. The van der Waals surface area contributed by atoms with Crippen molar-refractivity contribution < 1.29 is 23.8 Å². The summed E-state index contributed by atoms with van der Waals surface area (Å²) in [7, 11) is 4.82. The average Bonchev–Trinajstić information content (AvgIpc) is 2.75. The predicted molar refractivity (Wildman–Crippen MR) is 114 cm³/mol. The molecule has 0 aromatic heterocycles. The fraction of sp³-hybridized carbons (Fsp3) is 0.364. The lowest BCUT2D eigenvalue weighted by molar-refractivity contribution is -0.151. The van der Waals surface area contributed by atoms with Crippen LogP contribution in [0.1, 0.15) is 17.5 Å². The number of nitrogens with zero attached hydrogens (tertiary/aromatic N) is 1. The minimum absolute atomic E-state index is 0.149. The summed E-state index contributed by atoms with van der Waals surface area (Å²) in [6.07, 6.45) is 2.60. The Balaban J connectivity index is 1.80. The van der Waals surface area contributed by atoms with Gasteiger partial charge in [-0.2, -0.15) is 0 Å². The highest BCUT2D eigenvalue weighted by molar-refractivity contribution is 7.98. The molecule has 29 heavy (non-hydrogen) atoms. The number of benzene rings is 2. The van der Waals surface area contributed by atoms with Gasteiger partial charge in [0.05, 0.1) is 14.2 Å². The lowest BCUT2D eigenvalue weighted by Crippen LogP contribution is -2.30. The molecule has 0 heterocycles. The Labute approximate surface area is 176 Å². The number of carbonyl (C=O) groups excluding carboxylic acids is 2. The molecular weight excluding hydrogens is 390 g/mol. The fourth-order valence-corrected chi connectivity index (χ4v) is 3.21. The van der Waals surface area contributed by atoms with Crippen LogP contribution in [0.4, 0.5) is 0 Å². The Morgan fingerprint density at radius 3 is 2.38 bits per heavy atom. The third kappa shape index (κ3) is 6.71. The maximum Gasteiger partial charge on any atom is 0.306 e. The van der Waals surface area contributed by atoms with Crippen molar-refractivity contribution in [3.8, 4) is 11.5 Å². The zero-order valence-corrected chi connectivity index (χ0v) is 18.1. The van der Waals surface area contributed by atoms with E-state index in [2.05, 4.69) is 0 Å². The van der Waals surface area contributed by atoms with Crippen molar-refractivity contribution in [2.45, 2.75) is 24.3 Å². The highest BCUT2D eigenvalue weighted by Gasteiger charge is 2.15. The van der Waals surface area contributed by atoms with E-state index >= 15 is 0 Å². The Morgan fingerprint density at radius 1 is 1.03 bits per heavy atom. The van der Waals surface area contributed by atoms with E-state index in [9.17, 15) is 9.59 Å². The van der Waals surface area contributed by atoms with Crippen molar-refractivity contribution in [3.05, 3.63) is 53.6 Å². The molecule has 0 saturated heterocycles. The number of aryl methyl sites for hydroxylation is 1. The highest BCUT2D eigenvalue weighted by atomic mass is 32.2. The molecule has 0 aliphatic heterocycles. The molecule has 0 N–H and O–H groups in total. The minimum Gasteiger partial charge on any atom is -0.493 e. The van der Waals surface area contributed by atoms with Gasteiger partial charge in [-0.1, -0.05) is 24.3 Å². The fourth-order valence-electron chi connectivity index (χ4n) is 2.80. The molecule has 2 aromatic rings. The van der Waals surface area contributed by atoms with Gasteiger partial charge in [-0.15, -0.1) is 11.8 Å². The molecule has 2 rings (SSSR count). The van der Waals surface area contributed by atoms with Gasteiger partial charge in [-0.3, -0.25) is 9.59 Å². The number of amides is 1. The van der Waals surface area contributed by atoms with Crippen molar-refractivity contribution >= 4 is 23.6 Å². The zero-order chi connectivity index (χ0) is 21.2. The Bertz CT molecular complexity index is 822. The van der Waals surface area contributed by atoms with E-state index in [1.54, 1.807) is 44.0 Å². The number of hydrogen-bond acceptors (Lipinski definition) is 6. The number of likely N-dealkylation sites (N-methyl/N-ethyl adjacent to an activating group) is 1. The van der Waals surface area contributed by atoms with Crippen LogP contribution in [0.15, 0.2) is 47.4 Å². The lowest BCUT2D eigenvalue weighted by atomic mass is 10.1. The largest absolute Gasteiger partial charge is 0.493 e. The molecule has 0 bridgehead atoms. The smallest absolute Gasteiger partial charge is 0.306 e. The van der Waals surface area contributed by atoms with E-state index in [0.717, 1.165) is 11.1 Å². The maximum absolute atomic E-state index is 12.2. The Kier molecular flexibility index (Phi) is 8.86. The third-order valence-corrected chi connectivity index (χ3v) is 5.19. The SMILES string of the molecule is COc1cccc(CCC(=O)OCC(=O)N(C)Cc2ccc(SC)cc2)c1OC. The molecule has 0 saturated carbocycles. The van der Waals surface area contributed by atoms with Gasteiger partial charge < -0.3 is 19.1 Å². The Morgan fingerprint density at radius 2 is 1.76 bits per heavy atom. The maximum atomic E-state index is 12.2. The first kappa shape index (κ1) is 22.6. The minimum atomic E-state index is -0.430. The number of ether oxygens (including phenoxy) is 3. The van der Waals surface area contributed by atoms with E-state index in [0.29, 0.717) is 24.5 Å². The summed E-state index contributed by atoms with van der Waals surface area (Å²) in [5.74, 6) is 0.541. The summed E-state index contributed by atoms with van der Waals surface area (Å²) in [5.41, 5.74) is 1.87. The molecule has 0 fully saturated rings. The second-order valence-corrected chi connectivity index (χ2v) is 7.29. The molecule has 7 heteroatoms. The van der Waals surface area contributed by atoms with Crippen LogP contribution < -0.4 is 9.47 Å². The summed E-state index contributed by atoms with van der Waals surface area (Å²) in [5, 5.41) is 0. The van der Waals surface area contributed by atoms with Crippen LogP contribution in [-0.4, -0.2) is 50.9 Å². The monoisotopic (exact) mass is 417 g/mol. The topological polar surface area (TPSA) is 65.1 Å². The number of carbonyl (C=O) groups is 2. The van der Waals surface area contributed by atoms with E-state index in [4.69, 9.17) is 14.2 Å². The van der Waals surface area contributed by atoms with Crippen molar-refractivity contribution in [3.63, 3.8) is 0 Å². The van der Waals surface area contributed by atoms with E-state index in [1.807, 2.05) is 42.7 Å². The van der Waals surface area contributed by atoms with E-state index in [1.165, 1.54) is 4.90 Å². The van der Waals surface area contributed by atoms with Crippen molar-refractivity contribution in [1.82, 2.24) is 4.90 Å². The molecule has 0 aliphatic rings. The molecule has 156 valence electrons. The molecular formula is C22H27NO5S. The molecule has 0 spiro atoms. The number of hydrogen-bond donors (Lipinski definition) is 0. The average molecular weight is 418 g/mol. The first-order valence-corrected chi connectivity index (χ1v) is 10.4. The normalized spacial score (nSPS) is 10.3. The van der Waals surface area contributed by atoms with Gasteiger partial charge in [0.25, 0.3) is 5.91 Å². The number of thioether (sulfide) groups is 1. The van der Waals surface area contributed by atoms with Gasteiger partial charge in [-0.05, 0) is 42.0 Å². The van der Waals surface area contributed by atoms with Gasteiger partial charge in [0.2, 0.25) is 0 Å². The van der Waals surface area contributed by atoms with Crippen molar-refractivity contribution in [1.29, 1.82) is 0 Å². The highest BCUT2D eigenvalue weighted by Crippen LogP contribution is 2.31. The number of rotatable bonds is 10. The van der Waals surface area contributed by atoms with Crippen LogP contribution in [0, 0.1) is 0 Å². The Hall–Kier alpha value is -2.67. The van der Waals surface area contributed by atoms with Gasteiger partial charge in [0, 0.05) is 24.9 Å². The molecule has 0 unspecified atom stereocenters. The standard InChI is InChI=1S/C22H27NO5S/c1-23(14-16-8-11-18(29-4)12-9-16)20(24)15-28-21(25)13-10-17-6-5-7-19(26-2)22(17)27-3/h5-9,11-12H,10,13-15H2,1-4H3. The third-order valence-electron chi connectivity index (χ3n) is 4.44. The predicted octanol–water partition coefficient (Wildman–Crippen LogP) is 3.56. The second-order valence-electron chi connectivity index (χ2n) is 6.41. The van der Waals surface area contributed by atoms with Gasteiger partial charge in [-0.25, -0.2) is 0 Å². The van der Waals surface area contributed by atoms with Gasteiger partial charge in [0.1, 0.15) is 0 Å². The first-order chi connectivity index (χ1) is 14.0. The van der Waals surface area contributed by atoms with Gasteiger partial charge >= 0.3 is 5.97 Å². The second kappa shape index (κ2) is 11.4. The molecule has 2 aromatic carbocycles. The molecule has 0 aliphatic carbocycles. The van der Waals surface area contributed by atoms with Crippen LogP contribution in [0.3, 0.4) is 0 Å². The van der Waals surface area contributed by atoms with Crippen LogP contribution in [0.25, 0.3) is 0 Å². The van der Waals surface area contributed by atoms with Crippen molar-refractivity contribution in [2.24, 2.45) is 0 Å². The van der Waals surface area contributed by atoms with Crippen molar-refractivity contribution in [2.75, 3.05) is 34.1 Å². The first-order valence-electron chi connectivity index (χ1n) is 9.20. The molecule has 6 nitrogen and oxygen atoms in total. The molecule has 0 radical (unpaired) electrons. The summed E-state index contributed by atoms with van der Waals surface area (Å²) >= 11 is 1.67. The van der Waals surface area contributed by atoms with Crippen LogP contribution in [0.2, 0.25) is 0 Å². The quantitative estimate of drug-likeness (QED) is 0.435. The van der Waals surface area contributed by atoms with E-state index in [-0.39, 0.29) is 18.9 Å². The van der Waals surface area contributed by atoms with E-state index < -0.39 is 5.97 Å². The van der Waals surface area contributed by atoms with Crippen LogP contribution in [0.5, 0.6) is 11.5 Å². The number of esters is 1. The summed E-state index contributed by atoms with van der Waals surface area (Å²) < 4.78 is 15.8. The lowest BCUT2D eigenvalue weighted by Gasteiger charge is -2.17. The molecule has 1 amide bonds. The molecule has 0 atom stereocenters. The summed E-state index contributed by atoms with van der Waals surface area (Å²) in [4.78, 5) is 27.0. The summed E-state index contributed by atoms with van der Waals surface area (Å²) in [6, 6.07) is 13.5. The van der Waals surface area contributed by atoms with Gasteiger partial charge in [0.15, 0.2) is 18.1 Å². The van der Waals surface area contributed by atoms with Crippen LogP contribution in [-0.2, 0) is 27.3 Å².